The molecule has 2 fully saturated rings. The molecule has 1 saturated heterocycles. The zero-order chi connectivity index (χ0) is 14.9. The van der Waals surface area contributed by atoms with Gasteiger partial charge in [0, 0.05) is 6.42 Å². The van der Waals surface area contributed by atoms with Gasteiger partial charge in [0.05, 0.1) is 18.8 Å². The molecule has 0 unspecified atom stereocenters. The van der Waals surface area contributed by atoms with Crippen LogP contribution in [0.25, 0.3) is 0 Å². The van der Waals surface area contributed by atoms with Crippen LogP contribution in [-0.4, -0.2) is 52.5 Å². The molecule has 20 heavy (non-hydrogen) atoms. The van der Waals surface area contributed by atoms with Gasteiger partial charge >= 0.3 is 12.1 Å². The highest BCUT2D eigenvalue weighted by Crippen LogP contribution is 2.29. The van der Waals surface area contributed by atoms with Gasteiger partial charge in [0.15, 0.2) is 0 Å². The van der Waals surface area contributed by atoms with Crippen molar-refractivity contribution >= 4 is 12.1 Å². The third-order valence-corrected chi connectivity index (χ3v) is 3.61. The molecule has 0 aromatic heterocycles. The van der Waals surface area contributed by atoms with Gasteiger partial charge in [-0.3, -0.25) is 4.90 Å². The molecule has 1 aliphatic carbocycles. The summed E-state index contributed by atoms with van der Waals surface area (Å²) in [6.45, 7) is 5.58. The molecular formula is C14H23NO5. The van der Waals surface area contributed by atoms with Crippen LogP contribution in [-0.2, 0) is 14.3 Å². The van der Waals surface area contributed by atoms with Crippen molar-refractivity contribution in [3.05, 3.63) is 0 Å². The second-order valence-corrected chi connectivity index (χ2v) is 6.53. The summed E-state index contributed by atoms with van der Waals surface area (Å²) in [4.78, 5) is 24.6. The molecule has 0 radical (unpaired) electrons. The maximum Gasteiger partial charge on any atom is 0.411 e. The van der Waals surface area contributed by atoms with Gasteiger partial charge in [0.1, 0.15) is 11.6 Å². The Balaban J connectivity index is 1.97. The highest BCUT2D eigenvalue weighted by Gasteiger charge is 2.43. The topological polar surface area (TPSA) is 76.1 Å². The molecule has 1 saturated carbocycles. The van der Waals surface area contributed by atoms with Gasteiger partial charge in [-0.1, -0.05) is 0 Å². The standard InChI is InChI=1S/C14H23NO5/c1-14(2,3)20-13(18)15-8-10(7-11(15)12(16)17)19-9-5-4-6-9/h9-11H,4-8H2,1-3H3,(H,16,17)/t10-,11-/m0/s1. The Kier molecular flexibility index (Phi) is 4.22. The molecule has 2 aliphatic rings. The minimum absolute atomic E-state index is 0.200. The van der Waals surface area contributed by atoms with Crippen LogP contribution in [0.4, 0.5) is 4.79 Å². The van der Waals surface area contributed by atoms with E-state index in [1.54, 1.807) is 20.8 Å². The van der Waals surface area contributed by atoms with Crippen LogP contribution in [0.2, 0.25) is 0 Å². The molecule has 1 heterocycles. The van der Waals surface area contributed by atoms with Gasteiger partial charge < -0.3 is 14.6 Å². The van der Waals surface area contributed by atoms with Crippen molar-refractivity contribution in [1.29, 1.82) is 0 Å². The van der Waals surface area contributed by atoms with E-state index in [0.717, 1.165) is 19.3 Å². The number of ether oxygens (including phenoxy) is 2. The minimum atomic E-state index is -1.00. The second kappa shape index (κ2) is 5.60. The van der Waals surface area contributed by atoms with E-state index in [0.29, 0.717) is 13.0 Å². The molecule has 0 spiro atoms. The number of carboxylic acids is 1. The number of hydrogen-bond donors (Lipinski definition) is 1. The monoisotopic (exact) mass is 285 g/mol. The van der Waals surface area contributed by atoms with Crippen molar-refractivity contribution in [2.45, 2.75) is 70.3 Å². The van der Waals surface area contributed by atoms with Crippen molar-refractivity contribution in [3.8, 4) is 0 Å². The third kappa shape index (κ3) is 3.62. The number of aliphatic carboxylic acids is 1. The van der Waals surface area contributed by atoms with Gasteiger partial charge in [-0.2, -0.15) is 0 Å². The summed E-state index contributed by atoms with van der Waals surface area (Å²) in [7, 11) is 0. The van der Waals surface area contributed by atoms with E-state index < -0.39 is 23.7 Å². The highest BCUT2D eigenvalue weighted by molar-refractivity contribution is 5.81. The lowest BCUT2D eigenvalue weighted by molar-refractivity contribution is -0.142. The van der Waals surface area contributed by atoms with Gasteiger partial charge in [0.2, 0.25) is 0 Å². The maximum atomic E-state index is 12.1. The normalized spacial score (nSPS) is 27.2. The molecule has 0 aromatic carbocycles. The van der Waals surface area contributed by atoms with E-state index in [-0.39, 0.29) is 12.2 Å². The van der Waals surface area contributed by atoms with Crippen molar-refractivity contribution in [2.24, 2.45) is 0 Å². The molecule has 2 rings (SSSR count). The summed E-state index contributed by atoms with van der Waals surface area (Å²) in [5.74, 6) is -1.00. The lowest BCUT2D eigenvalue weighted by Gasteiger charge is -2.29. The Bertz CT molecular complexity index is 386. The molecule has 114 valence electrons. The molecule has 1 N–H and O–H groups in total. The molecule has 0 aromatic rings. The number of carbonyl (C=O) groups is 2. The van der Waals surface area contributed by atoms with Crippen molar-refractivity contribution in [1.82, 2.24) is 4.90 Å². The van der Waals surface area contributed by atoms with Gasteiger partial charge in [-0.05, 0) is 40.0 Å². The van der Waals surface area contributed by atoms with Crippen LogP contribution < -0.4 is 0 Å². The Morgan fingerprint density at radius 3 is 2.30 bits per heavy atom. The number of likely N-dealkylation sites (tertiary alicyclic amines) is 1. The first-order chi connectivity index (χ1) is 9.26. The van der Waals surface area contributed by atoms with Gasteiger partial charge in [-0.25, -0.2) is 9.59 Å². The fourth-order valence-corrected chi connectivity index (χ4v) is 2.43. The summed E-state index contributed by atoms with van der Waals surface area (Å²) < 4.78 is 11.1. The number of amides is 1. The first kappa shape index (κ1) is 15.1. The summed E-state index contributed by atoms with van der Waals surface area (Å²) >= 11 is 0. The van der Waals surface area contributed by atoms with E-state index in [2.05, 4.69) is 0 Å². The van der Waals surface area contributed by atoms with Crippen LogP contribution in [0.5, 0.6) is 0 Å². The second-order valence-electron chi connectivity index (χ2n) is 6.53. The molecule has 1 aliphatic heterocycles. The zero-order valence-electron chi connectivity index (χ0n) is 12.3. The first-order valence-electron chi connectivity index (χ1n) is 7.14. The lowest BCUT2D eigenvalue weighted by Crippen LogP contribution is -2.43. The summed E-state index contributed by atoms with van der Waals surface area (Å²) in [6, 6.07) is -0.852. The molecular weight excluding hydrogens is 262 g/mol. The summed E-state index contributed by atoms with van der Waals surface area (Å²) in [5.41, 5.74) is -0.632. The van der Waals surface area contributed by atoms with Crippen LogP contribution in [0.1, 0.15) is 46.5 Å². The van der Waals surface area contributed by atoms with Crippen LogP contribution >= 0.6 is 0 Å². The largest absolute Gasteiger partial charge is 0.480 e. The van der Waals surface area contributed by atoms with Gasteiger partial charge in [-0.15, -0.1) is 0 Å². The van der Waals surface area contributed by atoms with Crippen molar-refractivity contribution in [3.63, 3.8) is 0 Å². The predicted octanol–water partition coefficient (Wildman–Crippen LogP) is 2.02. The number of carboxylic acid groups (broad SMARTS) is 1. The Labute approximate surface area is 119 Å². The fourth-order valence-electron chi connectivity index (χ4n) is 2.43. The number of nitrogens with zero attached hydrogens (tertiary/aromatic N) is 1. The smallest absolute Gasteiger partial charge is 0.411 e. The minimum Gasteiger partial charge on any atom is -0.480 e. The zero-order valence-corrected chi connectivity index (χ0v) is 12.3. The SMILES string of the molecule is CC(C)(C)OC(=O)N1C[C@@H](OC2CCC2)C[C@H]1C(=O)O. The van der Waals surface area contributed by atoms with E-state index in [4.69, 9.17) is 9.47 Å². The van der Waals surface area contributed by atoms with Crippen molar-refractivity contribution < 1.29 is 24.2 Å². The molecule has 6 nitrogen and oxygen atoms in total. The Morgan fingerprint density at radius 2 is 1.85 bits per heavy atom. The Hall–Kier alpha value is -1.30. The summed E-state index contributed by atoms with van der Waals surface area (Å²) in [6.07, 6.45) is 3.01. The molecule has 0 bridgehead atoms. The lowest BCUT2D eigenvalue weighted by atomic mass is 9.96. The van der Waals surface area contributed by atoms with Crippen LogP contribution in [0, 0.1) is 0 Å². The number of rotatable bonds is 3. The molecule has 6 heteroatoms. The van der Waals surface area contributed by atoms with E-state index in [1.807, 2.05) is 0 Å². The van der Waals surface area contributed by atoms with E-state index in [1.165, 1.54) is 4.90 Å². The predicted molar refractivity (Wildman–Crippen MR) is 71.5 cm³/mol. The number of carbonyl (C=O) groups excluding carboxylic acids is 1. The van der Waals surface area contributed by atoms with E-state index >= 15 is 0 Å². The summed E-state index contributed by atoms with van der Waals surface area (Å²) in [5, 5.41) is 9.25. The number of hydrogen-bond acceptors (Lipinski definition) is 4. The van der Waals surface area contributed by atoms with Crippen LogP contribution in [0.15, 0.2) is 0 Å². The van der Waals surface area contributed by atoms with Crippen LogP contribution in [0.3, 0.4) is 0 Å². The van der Waals surface area contributed by atoms with Gasteiger partial charge in [0.25, 0.3) is 0 Å². The average molecular weight is 285 g/mol. The maximum absolute atomic E-state index is 12.1. The highest BCUT2D eigenvalue weighted by atomic mass is 16.6. The Morgan fingerprint density at radius 1 is 1.20 bits per heavy atom. The average Bonchev–Trinajstić information content (AvgIpc) is 2.65. The third-order valence-electron chi connectivity index (χ3n) is 3.61. The molecule has 1 amide bonds. The first-order valence-corrected chi connectivity index (χ1v) is 7.14. The van der Waals surface area contributed by atoms with E-state index in [9.17, 15) is 14.7 Å². The fraction of sp³-hybridized carbons (Fsp3) is 0.857. The van der Waals surface area contributed by atoms with Crippen molar-refractivity contribution in [2.75, 3.05) is 6.54 Å². The quantitative estimate of drug-likeness (QED) is 0.858. The molecule has 2 atom stereocenters.